The molecule has 0 spiro atoms. The third kappa shape index (κ3) is 3.90. The standard InChI is InChI=1S/C14H21NOSi/c1-11(2)13-10-15(3)14(16)9-12(13)7-8-17(4,5)6/h9-11H,1-6H3. The van der Waals surface area contributed by atoms with Crippen LogP contribution in [0.3, 0.4) is 0 Å². The lowest BCUT2D eigenvalue weighted by atomic mass is 10.00. The van der Waals surface area contributed by atoms with Crippen LogP contribution in [-0.2, 0) is 7.05 Å². The summed E-state index contributed by atoms with van der Waals surface area (Å²) in [6.07, 6.45) is 1.90. The van der Waals surface area contributed by atoms with Gasteiger partial charge in [-0.15, -0.1) is 5.54 Å². The van der Waals surface area contributed by atoms with Gasteiger partial charge in [0.05, 0.1) is 0 Å². The average molecular weight is 247 g/mol. The Morgan fingerprint density at radius 3 is 2.35 bits per heavy atom. The van der Waals surface area contributed by atoms with Crippen LogP contribution in [0.4, 0.5) is 0 Å². The molecule has 0 bridgehead atoms. The monoisotopic (exact) mass is 247 g/mol. The molecule has 2 nitrogen and oxygen atoms in total. The van der Waals surface area contributed by atoms with Crippen LogP contribution in [-0.4, -0.2) is 12.6 Å². The maximum atomic E-state index is 11.6. The fourth-order valence-corrected chi connectivity index (χ4v) is 1.98. The van der Waals surface area contributed by atoms with Gasteiger partial charge in [-0.25, -0.2) is 0 Å². The first kappa shape index (κ1) is 13.8. The summed E-state index contributed by atoms with van der Waals surface area (Å²) in [6.45, 7) is 10.9. The molecule has 0 fully saturated rings. The van der Waals surface area contributed by atoms with Crippen molar-refractivity contribution in [3.05, 3.63) is 33.7 Å². The lowest BCUT2D eigenvalue weighted by Crippen LogP contribution is -2.19. The molecule has 0 N–H and O–H groups in total. The molecule has 92 valence electrons. The van der Waals surface area contributed by atoms with Crippen LogP contribution in [0.5, 0.6) is 0 Å². The molecule has 0 aliphatic heterocycles. The predicted octanol–water partition coefficient (Wildman–Crippen LogP) is 2.74. The fourth-order valence-electron chi connectivity index (χ4n) is 1.47. The van der Waals surface area contributed by atoms with Crippen molar-refractivity contribution in [2.24, 2.45) is 7.05 Å². The van der Waals surface area contributed by atoms with E-state index in [1.807, 2.05) is 6.20 Å². The topological polar surface area (TPSA) is 22.0 Å². The molecule has 0 amide bonds. The third-order valence-corrected chi connectivity index (χ3v) is 3.33. The number of pyridine rings is 1. The molecule has 1 rings (SSSR count). The molecule has 0 aliphatic carbocycles. The summed E-state index contributed by atoms with van der Waals surface area (Å²) in [5, 5.41) is 0. The molecule has 0 aliphatic rings. The van der Waals surface area contributed by atoms with Crippen LogP contribution in [0.1, 0.15) is 30.9 Å². The van der Waals surface area contributed by atoms with Gasteiger partial charge in [0.1, 0.15) is 8.07 Å². The van der Waals surface area contributed by atoms with E-state index in [9.17, 15) is 4.79 Å². The van der Waals surface area contributed by atoms with E-state index in [-0.39, 0.29) is 5.56 Å². The average Bonchev–Trinajstić information content (AvgIpc) is 2.17. The van der Waals surface area contributed by atoms with E-state index in [2.05, 4.69) is 45.0 Å². The van der Waals surface area contributed by atoms with Gasteiger partial charge in [0, 0.05) is 24.9 Å². The first-order valence-electron chi connectivity index (χ1n) is 5.94. The van der Waals surface area contributed by atoms with Crippen LogP contribution < -0.4 is 5.56 Å². The zero-order valence-electron chi connectivity index (χ0n) is 11.6. The lowest BCUT2D eigenvalue weighted by Gasteiger charge is -2.11. The van der Waals surface area contributed by atoms with Gasteiger partial charge < -0.3 is 4.57 Å². The Kier molecular flexibility index (Phi) is 4.00. The number of nitrogens with zero attached hydrogens (tertiary/aromatic N) is 1. The van der Waals surface area contributed by atoms with Gasteiger partial charge in [-0.3, -0.25) is 4.79 Å². The van der Waals surface area contributed by atoms with E-state index in [1.165, 1.54) is 0 Å². The summed E-state index contributed by atoms with van der Waals surface area (Å²) >= 11 is 0. The summed E-state index contributed by atoms with van der Waals surface area (Å²) in [4.78, 5) is 11.6. The molecular weight excluding hydrogens is 226 g/mol. The number of rotatable bonds is 1. The number of hydrogen-bond donors (Lipinski definition) is 0. The van der Waals surface area contributed by atoms with E-state index < -0.39 is 8.07 Å². The molecule has 1 aromatic heterocycles. The Morgan fingerprint density at radius 2 is 1.88 bits per heavy atom. The van der Waals surface area contributed by atoms with Crippen LogP contribution in [0.25, 0.3) is 0 Å². The second-order valence-electron chi connectivity index (χ2n) is 5.75. The second-order valence-corrected chi connectivity index (χ2v) is 10.5. The number of hydrogen-bond acceptors (Lipinski definition) is 1. The maximum Gasteiger partial charge on any atom is 0.251 e. The second kappa shape index (κ2) is 4.93. The molecule has 0 saturated carbocycles. The van der Waals surface area contributed by atoms with Gasteiger partial charge in [0.15, 0.2) is 0 Å². The van der Waals surface area contributed by atoms with Gasteiger partial charge in [-0.2, -0.15) is 0 Å². The molecule has 0 saturated heterocycles. The van der Waals surface area contributed by atoms with Crippen LogP contribution in [0.2, 0.25) is 19.6 Å². The molecule has 0 aromatic carbocycles. The Hall–Kier alpha value is -1.27. The summed E-state index contributed by atoms with van der Waals surface area (Å²) in [7, 11) is 0.383. The fraction of sp³-hybridized carbons (Fsp3) is 0.500. The van der Waals surface area contributed by atoms with Crippen molar-refractivity contribution < 1.29 is 0 Å². The van der Waals surface area contributed by atoms with Crippen molar-refractivity contribution in [3.63, 3.8) is 0 Å². The molecule has 17 heavy (non-hydrogen) atoms. The highest BCUT2D eigenvalue weighted by Gasteiger charge is 2.10. The third-order valence-electron chi connectivity index (χ3n) is 2.45. The predicted molar refractivity (Wildman–Crippen MR) is 76.0 cm³/mol. The van der Waals surface area contributed by atoms with E-state index in [0.717, 1.165) is 11.1 Å². The number of aryl methyl sites for hydroxylation is 1. The summed E-state index contributed by atoms with van der Waals surface area (Å²) in [5.74, 6) is 3.58. The highest BCUT2D eigenvalue weighted by Crippen LogP contribution is 2.16. The van der Waals surface area contributed by atoms with Gasteiger partial charge in [0.2, 0.25) is 0 Å². The lowest BCUT2D eigenvalue weighted by molar-refractivity contribution is 0.791. The van der Waals surface area contributed by atoms with Crippen LogP contribution in [0, 0.1) is 11.5 Å². The molecule has 0 radical (unpaired) electrons. The zero-order chi connectivity index (χ0) is 13.2. The van der Waals surface area contributed by atoms with Crippen molar-refractivity contribution >= 4 is 8.07 Å². The van der Waals surface area contributed by atoms with E-state index in [4.69, 9.17) is 0 Å². The molecule has 0 unspecified atom stereocenters. The summed E-state index contributed by atoms with van der Waals surface area (Å²) < 4.78 is 1.62. The van der Waals surface area contributed by atoms with Crippen LogP contribution >= 0.6 is 0 Å². The van der Waals surface area contributed by atoms with Gasteiger partial charge in [0.25, 0.3) is 5.56 Å². The quantitative estimate of drug-likeness (QED) is 0.552. The van der Waals surface area contributed by atoms with E-state index in [1.54, 1.807) is 17.7 Å². The molecular formula is C14H21NOSi. The minimum Gasteiger partial charge on any atom is -0.318 e. The van der Waals surface area contributed by atoms with E-state index in [0.29, 0.717) is 5.92 Å². The minimum absolute atomic E-state index is 0.00859. The maximum absolute atomic E-state index is 11.6. The SMILES string of the molecule is CC(C)c1cn(C)c(=O)cc1C#C[Si](C)(C)C. The first-order valence-corrected chi connectivity index (χ1v) is 9.44. The van der Waals surface area contributed by atoms with E-state index >= 15 is 0 Å². The van der Waals surface area contributed by atoms with Crippen molar-refractivity contribution in [1.82, 2.24) is 4.57 Å². The van der Waals surface area contributed by atoms with Gasteiger partial charge >= 0.3 is 0 Å². The molecule has 1 heterocycles. The van der Waals surface area contributed by atoms with Crippen molar-refractivity contribution in [2.75, 3.05) is 0 Å². The zero-order valence-corrected chi connectivity index (χ0v) is 12.6. The van der Waals surface area contributed by atoms with Crippen molar-refractivity contribution in [3.8, 4) is 11.5 Å². The van der Waals surface area contributed by atoms with Gasteiger partial charge in [-0.05, 0) is 11.5 Å². The highest BCUT2D eigenvalue weighted by molar-refractivity contribution is 6.83. The Morgan fingerprint density at radius 1 is 1.29 bits per heavy atom. The highest BCUT2D eigenvalue weighted by atomic mass is 28.3. The Labute approximate surface area is 105 Å². The largest absolute Gasteiger partial charge is 0.318 e. The number of aromatic nitrogens is 1. The summed E-state index contributed by atoms with van der Waals surface area (Å²) in [5.41, 5.74) is 5.37. The smallest absolute Gasteiger partial charge is 0.251 e. The normalized spacial score (nSPS) is 11.2. The molecule has 1 aromatic rings. The van der Waals surface area contributed by atoms with Gasteiger partial charge in [-0.1, -0.05) is 39.4 Å². The van der Waals surface area contributed by atoms with Crippen molar-refractivity contribution in [2.45, 2.75) is 39.4 Å². The minimum atomic E-state index is -1.40. The molecule has 0 atom stereocenters. The molecule has 3 heteroatoms. The first-order chi connectivity index (χ1) is 7.70. The Balaban J connectivity index is 3.35. The Bertz CT molecular complexity index is 524. The van der Waals surface area contributed by atoms with Crippen LogP contribution in [0.15, 0.2) is 17.1 Å². The summed E-state index contributed by atoms with van der Waals surface area (Å²) in [6, 6.07) is 1.66. The van der Waals surface area contributed by atoms with Crippen molar-refractivity contribution in [1.29, 1.82) is 0 Å².